The van der Waals surface area contributed by atoms with Gasteiger partial charge in [0.15, 0.2) is 0 Å². The van der Waals surface area contributed by atoms with Gasteiger partial charge in [0, 0.05) is 40.0 Å². The summed E-state index contributed by atoms with van der Waals surface area (Å²) >= 11 is 0. The second kappa shape index (κ2) is 7.41. The van der Waals surface area contributed by atoms with Crippen LogP contribution in [0.15, 0.2) is 18.3 Å². The van der Waals surface area contributed by atoms with Gasteiger partial charge in [-0.15, -0.1) is 0 Å². The molecule has 1 aromatic heterocycles. The molecule has 1 aromatic rings. The van der Waals surface area contributed by atoms with Crippen molar-refractivity contribution in [2.45, 2.75) is 19.8 Å². The second-order valence-corrected chi connectivity index (χ2v) is 5.63. The lowest BCUT2D eigenvalue weighted by molar-refractivity contribution is 0.0570. The summed E-state index contributed by atoms with van der Waals surface area (Å²) in [7, 11) is 3.71. The molecular formula is C16H25N3O2. The summed E-state index contributed by atoms with van der Waals surface area (Å²) in [5.74, 6) is 1.42. The Morgan fingerprint density at radius 1 is 1.52 bits per heavy atom. The molecule has 2 rings (SSSR count). The minimum atomic E-state index is 0.0778. The first-order valence-corrected chi connectivity index (χ1v) is 7.61. The lowest BCUT2D eigenvalue weighted by atomic mass is 9.98. The molecule has 0 radical (unpaired) electrons. The highest BCUT2D eigenvalue weighted by Gasteiger charge is 2.24. The predicted octanol–water partition coefficient (Wildman–Crippen LogP) is 2.04. The molecule has 1 aliphatic rings. The molecule has 1 saturated heterocycles. The van der Waals surface area contributed by atoms with E-state index < -0.39 is 0 Å². The van der Waals surface area contributed by atoms with E-state index in [4.69, 9.17) is 4.74 Å². The average molecular weight is 291 g/mol. The molecule has 1 aliphatic heterocycles. The smallest absolute Gasteiger partial charge is 0.255 e. The first kappa shape index (κ1) is 15.8. The number of nitrogens with zero attached hydrogens (tertiary/aromatic N) is 3. The van der Waals surface area contributed by atoms with Crippen LogP contribution in [0.2, 0.25) is 0 Å². The van der Waals surface area contributed by atoms with Crippen LogP contribution in [-0.2, 0) is 4.74 Å². The Kier molecular flexibility index (Phi) is 5.56. The maximum absolute atomic E-state index is 12.5. The van der Waals surface area contributed by atoms with E-state index in [1.807, 2.05) is 29.0 Å². The molecule has 0 N–H and O–H groups in total. The van der Waals surface area contributed by atoms with Gasteiger partial charge in [0.1, 0.15) is 5.82 Å². The van der Waals surface area contributed by atoms with Crippen LogP contribution in [0.3, 0.4) is 0 Å². The maximum Gasteiger partial charge on any atom is 0.255 e. The number of hydrogen-bond donors (Lipinski definition) is 0. The van der Waals surface area contributed by atoms with Crippen LogP contribution in [0, 0.1) is 5.92 Å². The van der Waals surface area contributed by atoms with Crippen LogP contribution in [0.1, 0.15) is 30.1 Å². The third kappa shape index (κ3) is 3.94. The van der Waals surface area contributed by atoms with Crippen LogP contribution < -0.4 is 4.90 Å². The number of rotatable bonds is 5. The van der Waals surface area contributed by atoms with Gasteiger partial charge in [0.25, 0.3) is 5.91 Å². The van der Waals surface area contributed by atoms with Gasteiger partial charge in [-0.2, -0.15) is 0 Å². The van der Waals surface area contributed by atoms with E-state index in [1.165, 1.54) is 0 Å². The van der Waals surface area contributed by atoms with Crippen molar-refractivity contribution in [2.75, 3.05) is 45.3 Å². The lowest BCUT2D eigenvalue weighted by Crippen LogP contribution is -2.41. The van der Waals surface area contributed by atoms with E-state index in [2.05, 4.69) is 11.9 Å². The van der Waals surface area contributed by atoms with Crippen molar-refractivity contribution in [2.24, 2.45) is 5.92 Å². The molecule has 1 fully saturated rings. The SMILES string of the molecule is CCN(C)c1ccc(C(=O)N2CCC[C@H](COC)C2)cn1. The summed E-state index contributed by atoms with van der Waals surface area (Å²) in [5.41, 5.74) is 0.668. The number of anilines is 1. The van der Waals surface area contributed by atoms with E-state index in [-0.39, 0.29) is 5.91 Å². The first-order valence-electron chi connectivity index (χ1n) is 7.61. The Morgan fingerprint density at radius 2 is 2.33 bits per heavy atom. The van der Waals surface area contributed by atoms with Gasteiger partial charge < -0.3 is 14.5 Å². The van der Waals surface area contributed by atoms with E-state index in [9.17, 15) is 4.79 Å². The van der Waals surface area contributed by atoms with Gasteiger partial charge in [-0.3, -0.25) is 4.79 Å². The number of pyridine rings is 1. The highest BCUT2D eigenvalue weighted by molar-refractivity contribution is 5.94. The van der Waals surface area contributed by atoms with Gasteiger partial charge in [0.2, 0.25) is 0 Å². The Labute approximate surface area is 126 Å². The molecule has 21 heavy (non-hydrogen) atoms. The first-order chi connectivity index (χ1) is 10.2. The quantitative estimate of drug-likeness (QED) is 0.833. The fourth-order valence-corrected chi connectivity index (χ4v) is 2.70. The monoisotopic (exact) mass is 291 g/mol. The van der Waals surface area contributed by atoms with E-state index >= 15 is 0 Å². The average Bonchev–Trinajstić information content (AvgIpc) is 2.54. The summed E-state index contributed by atoms with van der Waals surface area (Å²) in [6, 6.07) is 3.78. The summed E-state index contributed by atoms with van der Waals surface area (Å²) in [4.78, 5) is 20.9. The molecule has 0 aromatic carbocycles. The van der Waals surface area contributed by atoms with E-state index in [1.54, 1.807) is 13.3 Å². The van der Waals surface area contributed by atoms with Gasteiger partial charge in [0.05, 0.1) is 12.2 Å². The maximum atomic E-state index is 12.5. The molecule has 0 aliphatic carbocycles. The molecule has 0 spiro atoms. The second-order valence-electron chi connectivity index (χ2n) is 5.63. The molecule has 5 nitrogen and oxygen atoms in total. The van der Waals surface area contributed by atoms with Crippen LogP contribution in [0.4, 0.5) is 5.82 Å². The Morgan fingerprint density at radius 3 is 2.95 bits per heavy atom. The summed E-state index contributed by atoms with van der Waals surface area (Å²) in [5, 5.41) is 0. The highest BCUT2D eigenvalue weighted by atomic mass is 16.5. The summed E-state index contributed by atoms with van der Waals surface area (Å²) < 4.78 is 5.21. The number of likely N-dealkylation sites (tertiary alicyclic amines) is 1. The Balaban J connectivity index is 2.02. The van der Waals surface area contributed by atoms with Crippen LogP contribution in [0.25, 0.3) is 0 Å². The number of aromatic nitrogens is 1. The topological polar surface area (TPSA) is 45.7 Å². The standard InChI is InChI=1S/C16H25N3O2/c1-4-18(2)15-8-7-14(10-17-15)16(20)19-9-5-6-13(11-19)12-21-3/h7-8,10,13H,4-6,9,11-12H2,1-3H3/t13-/m0/s1. The zero-order chi connectivity index (χ0) is 15.2. The molecular weight excluding hydrogens is 266 g/mol. The molecule has 2 heterocycles. The van der Waals surface area contributed by atoms with E-state index in [0.717, 1.165) is 44.9 Å². The van der Waals surface area contributed by atoms with Crippen LogP contribution in [0.5, 0.6) is 0 Å². The molecule has 116 valence electrons. The van der Waals surface area contributed by atoms with Crippen molar-refractivity contribution in [3.63, 3.8) is 0 Å². The zero-order valence-corrected chi connectivity index (χ0v) is 13.2. The lowest BCUT2D eigenvalue weighted by Gasteiger charge is -2.32. The fourth-order valence-electron chi connectivity index (χ4n) is 2.70. The highest BCUT2D eigenvalue weighted by Crippen LogP contribution is 2.19. The predicted molar refractivity (Wildman–Crippen MR) is 83.7 cm³/mol. The molecule has 1 amide bonds. The zero-order valence-electron chi connectivity index (χ0n) is 13.2. The van der Waals surface area contributed by atoms with Crippen LogP contribution >= 0.6 is 0 Å². The van der Waals surface area contributed by atoms with Gasteiger partial charge in [-0.05, 0) is 37.8 Å². The fraction of sp³-hybridized carbons (Fsp3) is 0.625. The van der Waals surface area contributed by atoms with Crippen molar-refractivity contribution < 1.29 is 9.53 Å². The summed E-state index contributed by atoms with van der Waals surface area (Å²) in [6.45, 7) is 5.30. The number of amides is 1. The molecule has 1 atom stereocenters. The van der Waals surface area contributed by atoms with Crippen molar-refractivity contribution in [1.82, 2.24) is 9.88 Å². The minimum Gasteiger partial charge on any atom is -0.384 e. The Bertz CT molecular complexity index is 459. The molecule has 5 heteroatoms. The van der Waals surface area contributed by atoms with E-state index in [0.29, 0.717) is 11.5 Å². The number of methoxy groups -OCH3 is 1. The van der Waals surface area contributed by atoms with Gasteiger partial charge in [-0.1, -0.05) is 0 Å². The minimum absolute atomic E-state index is 0.0778. The summed E-state index contributed by atoms with van der Waals surface area (Å²) in [6.07, 6.45) is 3.86. The normalized spacial score (nSPS) is 18.6. The largest absolute Gasteiger partial charge is 0.384 e. The number of piperidine rings is 1. The number of hydrogen-bond acceptors (Lipinski definition) is 4. The van der Waals surface area contributed by atoms with Crippen molar-refractivity contribution >= 4 is 11.7 Å². The third-order valence-electron chi connectivity index (χ3n) is 4.07. The third-order valence-corrected chi connectivity index (χ3v) is 4.07. The molecule has 0 saturated carbocycles. The van der Waals surface area contributed by atoms with Crippen molar-refractivity contribution in [3.05, 3.63) is 23.9 Å². The van der Waals surface area contributed by atoms with Crippen molar-refractivity contribution in [1.29, 1.82) is 0 Å². The number of carbonyl (C=O) groups excluding carboxylic acids is 1. The van der Waals surface area contributed by atoms with Crippen molar-refractivity contribution in [3.8, 4) is 0 Å². The number of ether oxygens (including phenoxy) is 1. The molecule has 0 bridgehead atoms. The Hall–Kier alpha value is -1.62. The molecule has 0 unspecified atom stereocenters. The van der Waals surface area contributed by atoms with Crippen LogP contribution in [-0.4, -0.2) is 56.2 Å². The van der Waals surface area contributed by atoms with Gasteiger partial charge >= 0.3 is 0 Å². The van der Waals surface area contributed by atoms with Gasteiger partial charge in [-0.25, -0.2) is 4.98 Å². The number of carbonyl (C=O) groups is 1.